The first-order valence-corrected chi connectivity index (χ1v) is 8.30. The lowest BCUT2D eigenvalue weighted by Crippen LogP contribution is -2.17. The first-order chi connectivity index (χ1) is 9.56. The van der Waals surface area contributed by atoms with Crippen molar-refractivity contribution in [2.24, 2.45) is 7.05 Å². The number of hydrogen-bond acceptors (Lipinski definition) is 5. The molecule has 0 saturated carbocycles. The van der Waals surface area contributed by atoms with E-state index in [0.29, 0.717) is 0 Å². The maximum Gasteiger partial charge on any atom is 0.164 e. The van der Waals surface area contributed by atoms with Gasteiger partial charge in [0.25, 0.3) is 0 Å². The van der Waals surface area contributed by atoms with Crippen molar-refractivity contribution in [3.63, 3.8) is 0 Å². The summed E-state index contributed by atoms with van der Waals surface area (Å²) < 4.78 is 3.65. The molecule has 104 valence electrons. The van der Waals surface area contributed by atoms with E-state index in [1.54, 1.807) is 22.3 Å². The normalized spacial score (nSPS) is 11.2. The fraction of sp³-hybridized carbons (Fsp3) is 0.250. The van der Waals surface area contributed by atoms with Crippen LogP contribution in [-0.4, -0.2) is 26.8 Å². The zero-order valence-corrected chi connectivity index (χ0v) is 14.8. The maximum absolute atomic E-state index is 4.41. The number of thiophene rings is 1. The minimum absolute atomic E-state index is 0.768. The number of halogens is 2. The molecule has 0 aromatic carbocycles. The highest BCUT2D eigenvalue weighted by atomic mass is 79.9. The Bertz CT molecular complexity index is 766. The van der Waals surface area contributed by atoms with Crippen molar-refractivity contribution in [2.45, 2.75) is 6.54 Å². The van der Waals surface area contributed by atoms with E-state index in [9.17, 15) is 0 Å². The zero-order chi connectivity index (χ0) is 14.3. The second kappa shape index (κ2) is 5.42. The van der Waals surface area contributed by atoms with E-state index in [4.69, 9.17) is 0 Å². The topological polar surface area (TPSA) is 46.8 Å². The van der Waals surface area contributed by atoms with E-state index in [1.807, 2.05) is 14.1 Å². The predicted octanol–water partition coefficient (Wildman–Crippen LogP) is 3.59. The average molecular weight is 417 g/mol. The van der Waals surface area contributed by atoms with Gasteiger partial charge in [0.2, 0.25) is 0 Å². The first kappa shape index (κ1) is 14.0. The number of fused-ring (bicyclic) bond motifs is 1. The third-order valence-electron chi connectivity index (χ3n) is 2.96. The number of aryl methyl sites for hydroxylation is 1. The largest absolute Gasteiger partial charge is 0.355 e. The highest BCUT2D eigenvalue weighted by Crippen LogP contribution is 2.30. The molecule has 0 aliphatic rings. The van der Waals surface area contributed by atoms with Crippen molar-refractivity contribution in [1.82, 2.24) is 19.7 Å². The van der Waals surface area contributed by atoms with Gasteiger partial charge < -0.3 is 4.90 Å². The van der Waals surface area contributed by atoms with Crippen molar-refractivity contribution >= 4 is 60.0 Å². The van der Waals surface area contributed by atoms with Crippen LogP contribution in [0.3, 0.4) is 0 Å². The van der Waals surface area contributed by atoms with E-state index < -0.39 is 0 Å². The van der Waals surface area contributed by atoms with Crippen molar-refractivity contribution in [3.05, 3.63) is 31.7 Å². The molecule has 0 bridgehead atoms. The molecule has 0 aliphatic heterocycles. The van der Waals surface area contributed by atoms with Gasteiger partial charge in [-0.25, -0.2) is 14.6 Å². The van der Waals surface area contributed by atoms with Crippen LogP contribution in [0.5, 0.6) is 0 Å². The molecule has 0 spiro atoms. The minimum atomic E-state index is 0.768. The van der Waals surface area contributed by atoms with Gasteiger partial charge in [-0.2, -0.15) is 5.10 Å². The Labute approximate surface area is 136 Å². The Hall–Kier alpha value is -0.990. The summed E-state index contributed by atoms with van der Waals surface area (Å²) in [4.78, 5) is 10.8. The number of nitrogens with zero attached hydrogens (tertiary/aromatic N) is 5. The van der Waals surface area contributed by atoms with Crippen LogP contribution in [0.15, 0.2) is 26.2 Å². The van der Waals surface area contributed by atoms with Crippen LogP contribution >= 0.6 is 43.2 Å². The standard InChI is InChI=1S/C12H11Br2N5S/c1-18(4-7-3-8(13)20-5-7)11-9-10(14)17-19(2)12(9)16-6-15-11/h3,5-6H,4H2,1-2H3. The Morgan fingerprint density at radius 2 is 2.15 bits per heavy atom. The SMILES string of the molecule is CN(Cc1csc(Br)c1)c1ncnc2c1c(Br)nn2C. The number of hydrogen-bond donors (Lipinski definition) is 0. The Morgan fingerprint density at radius 1 is 1.35 bits per heavy atom. The number of anilines is 1. The summed E-state index contributed by atoms with van der Waals surface area (Å²) in [5.41, 5.74) is 2.07. The molecule has 0 saturated heterocycles. The molecule has 3 aromatic rings. The summed E-state index contributed by atoms with van der Waals surface area (Å²) in [6, 6.07) is 2.12. The molecule has 0 unspecified atom stereocenters. The van der Waals surface area contributed by atoms with E-state index in [0.717, 1.165) is 31.8 Å². The van der Waals surface area contributed by atoms with Crippen LogP contribution in [0.25, 0.3) is 11.0 Å². The van der Waals surface area contributed by atoms with Gasteiger partial charge in [-0.05, 0) is 48.9 Å². The molecule has 20 heavy (non-hydrogen) atoms. The number of aromatic nitrogens is 4. The summed E-state index contributed by atoms with van der Waals surface area (Å²) >= 11 is 8.65. The quantitative estimate of drug-likeness (QED) is 0.654. The fourth-order valence-electron chi connectivity index (χ4n) is 2.09. The molecule has 0 atom stereocenters. The Balaban J connectivity index is 2.01. The molecule has 0 aliphatic carbocycles. The third-order valence-corrected chi connectivity index (χ3v) is 5.07. The summed E-state index contributed by atoms with van der Waals surface area (Å²) in [5.74, 6) is 0.872. The molecule has 0 radical (unpaired) electrons. The van der Waals surface area contributed by atoms with E-state index in [-0.39, 0.29) is 0 Å². The van der Waals surface area contributed by atoms with Crippen molar-refractivity contribution in [1.29, 1.82) is 0 Å². The molecule has 0 N–H and O–H groups in total. The van der Waals surface area contributed by atoms with Gasteiger partial charge in [-0.1, -0.05) is 0 Å². The molecule has 3 heterocycles. The lowest BCUT2D eigenvalue weighted by Gasteiger charge is -2.18. The van der Waals surface area contributed by atoms with Gasteiger partial charge in [-0.15, -0.1) is 11.3 Å². The third kappa shape index (κ3) is 2.47. The summed E-state index contributed by atoms with van der Waals surface area (Å²) in [5, 5.41) is 7.42. The van der Waals surface area contributed by atoms with Gasteiger partial charge in [0.1, 0.15) is 16.7 Å². The lowest BCUT2D eigenvalue weighted by atomic mass is 10.3. The predicted molar refractivity (Wildman–Crippen MR) is 88.1 cm³/mol. The molecular formula is C12H11Br2N5S. The van der Waals surface area contributed by atoms with Crippen LogP contribution in [0.4, 0.5) is 5.82 Å². The molecule has 5 nitrogen and oxygen atoms in total. The Kier molecular flexibility index (Phi) is 3.78. The smallest absolute Gasteiger partial charge is 0.164 e. The molecule has 0 fully saturated rings. The minimum Gasteiger partial charge on any atom is -0.355 e. The summed E-state index contributed by atoms with van der Waals surface area (Å²) in [6.07, 6.45) is 1.58. The average Bonchev–Trinajstić information content (AvgIpc) is 2.94. The fourth-order valence-corrected chi connectivity index (χ4v) is 3.89. The molecular weight excluding hydrogens is 406 g/mol. The highest BCUT2D eigenvalue weighted by molar-refractivity contribution is 9.11. The van der Waals surface area contributed by atoms with Gasteiger partial charge in [0, 0.05) is 20.6 Å². The van der Waals surface area contributed by atoms with E-state index in [1.165, 1.54) is 5.56 Å². The summed E-state index contributed by atoms with van der Waals surface area (Å²) in [7, 11) is 3.90. The Morgan fingerprint density at radius 3 is 2.85 bits per heavy atom. The van der Waals surface area contributed by atoms with Crippen molar-refractivity contribution in [2.75, 3.05) is 11.9 Å². The molecule has 0 amide bonds. The monoisotopic (exact) mass is 415 g/mol. The van der Waals surface area contributed by atoms with Crippen LogP contribution in [0, 0.1) is 0 Å². The van der Waals surface area contributed by atoms with Gasteiger partial charge in [0.15, 0.2) is 5.65 Å². The van der Waals surface area contributed by atoms with Gasteiger partial charge in [0.05, 0.1) is 9.17 Å². The van der Waals surface area contributed by atoms with Crippen molar-refractivity contribution < 1.29 is 0 Å². The maximum atomic E-state index is 4.41. The molecule has 3 rings (SSSR count). The summed E-state index contributed by atoms with van der Waals surface area (Å²) in [6.45, 7) is 0.787. The van der Waals surface area contributed by atoms with Crippen molar-refractivity contribution in [3.8, 4) is 0 Å². The lowest BCUT2D eigenvalue weighted by molar-refractivity contribution is 0.777. The second-order valence-electron chi connectivity index (χ2n) is 4.43. The highest BCUT2D eigenvalue weighted by Gasteiger charge is 2.16. The van der Waals surface area contributed by atoms with Crippen LogP contribution in [0.2, 0.25) is 0 Å². The zero-order valence-electron chi connectivity index (χ0n) is 10.8. The number of rotatable bonds is 3. The van der Waals surface area contributed by atoms with Gasteiger partial charge >= 0.3 is 0 Å². The van der Waals surface area contributed by atoms with Crippen LogP contribution in [-0.2, 0) is 13.6 Å². The van der Waals surface area contributed by atoms with Crippen LogP contribution < -0.4 is 4.90 Å². The first-order valence-electron chi connectivity index (χ1n) is 5.83. The van der Waals surface area contributed by atoms with Gasteiger partial charge in [-0.3, -0.25) is 0 Å². The molecule has 3 aromatic heterocycles. The van der Waals surface area contributed by atoms with Crippen LogP contribution in [0.1, 0.15) is 5.56 Å². The van der Waals surface area contributed by atoms with E-state index in [2.05, 4.69) is 63.3 Å². The van der Waals surface area contributed by atoms with E-state index >= 15 is 0 Å². The second-order valence-corrected chi connectivity index (χ2v) is 7.47. The molecule has 8 heteroatoms.